The highest BCUT2D eigenvalue weighted by Crippen LogP contribution is 2.47. The lowest BCUT2D eigenvalue weighted by Gasteiger charge is -2.20. The van der Waals surface area contributed by atoms with Crippen molar-refractivity contribution in [1.82, 2.24) is 9.13 Å². The zero-order valence-corrected chi connectivity index (χ0v) is 39.2. The zero-order chi connectivity index (χ0) is 52.3. The Labute approximate surface area is 427 Å². The molecular formula is C63H30F3N9. The monoisotopic (exact) mass is 969 g/mol. The van der Waals surface area contributed by atoms with Crippen LogP contribution in [0.2, 0.25) is 0 Å². The van der Waals surface area contributed by atoms with Crippen LogP contribution in [0.3, 0.4) is 0 Å². The van der Waals surface area contributed by atoms with E-state index in [0.717, 1.165) is 50.2 Å². The summed E-state index contributed by atoms with van der Waals surface area (Å²) in [5.74, 6) is 0. The molecule has 0 radical (unpaired) electrons. The number of aryl methyl sites for hydroxylation is 1. The molecule has 0 aliphatic carbocycles. The van der Waals surface area contributed by atoms with Crippen LogP contribution < -0.4 is 0 Å². The second-order valence-electron chi connectivity index (χ2n) is 17.8. The van der Waals surface area contributed by atoms with E-state index in [-0.39, 0.29) is 33.8 Å². The van der Waals surface area contributed by atoms with Crippen LogP contribution in [-0.4, -0.2) is 9.13 Å². The van der Waals surface area contributed by atoms with Crippen LogP contribution in [0.25, 0.3) is 119 Å². The summed E-state index contributed by atoms with van der Waals surface area (Å²) in [6, 6.07) is 54.0. The van der Waals surface area contributed by atoms with Gasteiger partial charge in [-0.3, -0.25) is 0 Å². The lowest BCUT2D eigenvalue weighted by atomic mass is 9.93. The second-order valence-corrected chi connectivity index (χ2v) is 17.8. The molecule has 75 heavy (non-hydrogen) atoms. The number of nitrogens with zero attached hydrogens (tertiary/aromatic N) is 9. The minimum Gasteiger partial charge on any atom is -0.310 e. The minimum atomic E-state index is -4.61. The maximum atomic E-state index is 14.4. The summed E-state index contributed by atoms with van der Waals surface area (Å²) >= 11 is 0. The standard InChI is InChI=1S/C63H30F3N9/c1-36-22-41(26-44(23-36)63(64,65)66)38-14-18-49(59(31-38)74-55-12-8-6-10-47(55)51-29-39(15-20-57(51)74)61-42(34-68)27-46(71-3)28-43(61)35-69)50-19-17-45(70-2)32-60(50)75-56-13-9-7-11-48(56)52-30-40(16-21-58(52)75)62-53(72-4)24-37(33-67)25-54(62)73-5/h6-32H,1H3. The fourth-order valence-electron chi connectivity index (χ4n) is 10.3. The third-order valence-corrected chi connectivity index (χ3v) is 13.5. The Bertz CT molecular complexity index is 4570. The van der Waals surface area contributed by atoms with Gasteiger partial charge in [-0.15, -0.1) is 0 Å². The number of para-hydroxylation sites is 2. The largest absolute Gasteiger partial charge is 0.416 e. The normalized spacial score (nSPS) is 11.1. The molecule has 0 atom stereocenters. The molecule has 0 saturated carbocycles. The molecule has 0 saturated heterocycles. The molecule has 0 bridgehead atoms. The Hall–Kier alpha value is -11.2. The molecule has 0 fully saturated rings. The highest BCUT2D eigenvalue weighted by molar-refractivity contribution is 6.13. The van der Waals surface area contributed by atoms with Gasteiger partial charge in [-0.2, -0.15) is 29.0 Å². The molecule has 0 unspecified atom stereocenters. The molecule has 0 N–H and O–H groups in total. The number of hydrogen-bond acceptors (Lipinski definition) is 3. The van der Waals surface area contributed by atoms with E-state index in [9.17, 15) is 29.0 Å². The molecule has 0 spiro atoms. The lowest BCUT2D eigenvalue weighted by molar-refractivity contribution is -0.137. The maximum absolute atomic E-state index is 14.4. The Balaban J connectivity index is 1.21. The van der Waals surface area contributed by atoms with Crippen LogP contribution in [-0.2, 0) is 6.18 Å². The van der Waals surface area contributed by atoms with Crippen molar-refractivity contribution in [3.8, 4) is 74.1 Å². The highest BCUT2D eigenvalue weighted by atomic mass is 19.4. The number of halogens is 3. The SMILES string of the molecule is [C-]#[N+]c1cc(C#N)c(-c2ccc3c(c2)c2ccccc2n3-c2cc(-c3cc(C)cc(C(F)(F)F)c3)ccc2-c2ccc([N+]#[C-])cc2-n2c3ccccc3c3cc(-c4c([N+]#[C-])cc(C#N)cc4[N+]#[C-])ccc32)c(C#N)c1. The predicted octanol–water partition coefficient (Wildman–Crippen LogP) is 17.7. The average Bonchev–Trinajstić information content (AvgIpc) is 3.96. The molecule has 0 aliphatic heterocycles. The van der Waals surface area contributed by atoms with E-state index in [2.05, 4.69) is 40.7 Å². The third-order valence-electron chi connectivity index (χ3n) is 13.5. The predicted molar refractivity (Wildman–Crippen MR) is 286 cm³/mol. The number of rotatable bonds is 6. The molecule has 0 amide bonds. The van der Waals surface area contributed by atoms with Gasteiger partial charge in [0.05, 0.1) is 88.9 Å². The number of fused-ring (bicyclic) bond motifs is 6. The van der Waals surface area contributed by atoms with E-state index in [4.69, 9.17) is 26.3 Å². The van der Waals surface area contributed by atoms with Gasteiger partial charge in [-0.05, 0) is 125 Å². The number of alkyl halides is 3. The lowest BCUT2D eigenvalue weighted by Crippen LogP contribution is -2.05. The van der Waals surface area contributed by atoms with Gasteiger partial charge in [0.2, 0.25) is 0 Å². The van der Waals surface area contributed by atoms with E-state index >= 15 is 0 Å². The first-order chi connectivity index (χ1) is 36.4. The van der Waals surface area contributed by atoms with Crippen molar-refractivity contribution in [1.29, 1.82) is 15.8 Å². The minimum absolute atomic E-state index is 0.163. The zero-order valence-electron chi connectivity index (χ0n) is 39.2. The summed E-state index contributed by atoms with van der Waals surface area (Å²) in [6.45, 7) is 33.4. The molecule has 348 valence electrons. The van der Waals surface area contributed by atoms with Crippen molar-refractivity contribution < 1.29 is 13.2 Å². The van der Waals surface area contributed by atoms with Crippen molar-refractivity contribution in [3.05, 3.63) is 237 Å². The Morgan fingerprint density at radius 1 is 0.440 bits per heavy atom. The molecule has 9 aromatic carbocycles. The summed E-state index contributed by atoms with van der Waals surface area (Å²) < 4.78 is 47.5. The molecule has 2 aromatic heterocycles. The molecule has 9 nitrogen and oxygen atoms in total. The van der Waals surface area contributed by atoms with E-state index in [0.29, 0.717) is 72.6 Å². The number of benzene rings is 9. The highest BCUT2D eigenvalue weighted by Gasteiger charge is 2.31. The molecule has 11 aromatic rings. The quantitative estimate of drug-likeness (QED) is 0.155. The first kappa shape index (κ1) is 46.2. The van der Waals surface area contributed by atoms with E-state index in [1.54, 1.807) is 25.1 Å². The second kappa shape index (κ2) is 17.9. The average molecular weight is 970 g/mol. The Morgan fingerprint density at radius 2 is 0.947 bits per heavy atom. The Morgan fingerprint density at radius 3 is 1.47 bits per heavy atom. The fraction of sp³-hybridized carbons (Fsp3) is 0.0317. The van der Waals surface area contributed by atoms with Gasteiger partial charge < -0.3 is 9.13 Å². The van der Waals surface area contributed by atoms with Crippen molar-refractivity contribution >= 4 is 66.4 Å². The summed E-state index contributed by atoms with van der Waals surface area (Å²) in [7, 11) is 0. The topological polar surface area (TPSA) is 98.7 Å². The van der Waals surface area contributed by atoms with Crippen molar-refractivity contribution in [2.24, 2.45) is 0 Å². The van der Waals surface area contributed by atoms with Gasteiger partial charge in [0.25, 0.3) is 0 Å². The first-order valence-electron chi connectivity index (χ1n) is 23.0. The van der Waals surface area contributed by atoms with Gasteiger partial charge in [-0.25, -0.2) is 19.4 Å². The van der Waals surface area contributed by atoms with Gasteiger partial charge in [-0.1, -0.05) is 78.9 Å². The van der Waals surface area contributed by atoms with Crippen molar-refractivity contribution in [2.45, 2.75) is 13.1 Å². The van der Waals surface area contributed by atoms with Gasteiger partial charge in [0.1, 0.15) is 0 Å². The maximum Gasteiger partial charge on any atom is 0.416 e. The van der Waals surface area contributed by atoms with Crippen molar-refractivity contribution in [3.63, 3.8) is 0 Å². The first-order valence-corrected chi connectivity index (χ1v) is 23.0. The number of nitriles is 3. The van der Waals surface area contributed by atoms with E-state index < -0.39 is 11.7 Å². The molecular weight excluding hydrogens is 940 g/mol. The van der Waals surface area contributed by atoms with E-state index in [1.165, 1.54) is 24.3 Å². The molecule has 12 heteroatoms. The van der Waals surface area contributed by atoms with Crippen LogP contribution in [0, 0.1) is 67.2 Å². The van der Waals surface area contributed by atoms with Crippen LogP contribution in [0.4, 0.5) is 35.9 Å². The fourth-order valence-corrected chi connectivity index (χ4v) is 10.3. The van der Waals surface area contributed by atoms with Gasteiger partial charge >= 0.3 is 6.18 Å². The molecule has 0 aliphatic rings. The molecule has 2 heterocycles. The van der Waals surface area contributed by atoms with Crippen LogP contribution in [0.5, 0.6) is 0 Å². The van der Waals surface area contributed by atoms with Crippen LogP contribution >= 0.6 is 0 Å². The summed E-state index contributed by atoms with van der Waals surface area (Å²) in [6.07, 6.45) is -4.61. The van der Waals surface area contributed by atoms with E-state index in [1.807, 2.05) is 115 Å². The van der Waals surface area contributed by atoms with Crippen LogP contribution in [0.1, 0.15) is 27.8 Å². The van der Waals surface area contributed by atoms with Crippen LogP contribution in [0.15, 0.2) is 164 Å². The van der Waals surface area contributed by atoms with Gasteiger partial charge in [0, 0.05) is 49.5 Å². The summed E-state index contributed by atoms with van der Waals surface area (Å²) in [4.78, 5) is 14.8. The summed E-state index contributed by atoms with van der Waals surface area (Å²) in [5, 5.41) is 33.4. The Kier molecular flexibility index (Phi) is 11.0. The summed E-state index contributed by atoms with van der Waals surface area (Å²) in [5.41, 5.74) is 9.37. The smallest absolute Gasteiger partial charge is 0.310 e. The number of aromatic nitrogens is 2. The third kappa shape index (κ3) is 7.60. The van der Waals surface area contributed by atoms with Gasteiger partial charge in [0.15, 0.2) is 22.7 Å². The van der Waals surface area contributed by atoms with Crippen molar-refractivity contribution in [2.75, 3.05) is 0 Å². The molecule has 11 rings (SSSR count). The number of hydrogen-bond donors (Lipinski definition) is 0.